The minimum Gasteiger partial charge on any atom is -0.496 e. The highest BCUT2D eigenvalue weighted by molar-refractivity contribution is 8.00. The SMILES string of the molecule is COc1ccc(CN2C(=O)CSC2c2ccccc2OC)cc1OC. The number of rotatable bonds is 6. The fourth-order valence-electron chi connectivity index (χ4n) is 2.93. The number of hydrogen-bond donors (Lipinski definition) is 0. The average molecular weight is 359 g/mol. The van der Waals surface area contributed by atoms with Crippen molar-refractivity contribution in [3.05, 3.63) is 53.6 Å². The maximum Gasteiger partial charge on any atom is 0.234 e. The van der Waals surface area contributed by atoms with Crippen LogP contribution in [0.4, 0.5) is 0 Å². The van der Waals surface area contributed by atoms with Gasteiger partial charge in [0.15, 0.2) is 11.5 Å². The molecule has 3 rings (SSSR count). The molecule has 5 nitrogen and oxygen atoms in total. The number of nitrogens with zero attached hydrogens (tertiary/aromatic N) is 1. The Morgan fingerprint density at radius 1 is 1.00 bits per heavy atom. The van der Waals surface area contributed by atoms with Crippen LogP contribution < -0.4 is 14.2 Å². The topological polar surface area (TPSA) is 48.0 Å². The molecule has 1 aliphatic rings. The summed E-state index contributed by atoms with van der Waals surface area (Å²) in [6, 6.07) is 13.6. The van der Waals surface area contributed by atoms with Crippen molar-refractivity contribution in [3.63, 3.8) is 0 Å². The van der Waals surface area contributed by atoms with E-state index < -0.39 is 0 Å². The summed E-state index contributed by atoms with van der Waals surface area (Å²) in [5, 5.41) is -0.0586. The summed E-state index contributed by atoms with van der Waals surface area (Å²) in [6.07, 6.45) is 0. The largest absolute Gasteiger partial charge is 0.496 e. The number of carbonyl (C=O) groups excluding carboxylic acids is 1. The molecule has 2 aromatic carbocycles. The smallest absolute Gasteiger partial charge is 0.234 e. The van der Waals surface area contributed by atoms with Crippen LogP contribution in [-0.4, -0.2) is 37.9 Å². The fourth-order valence-corrected chi connectivity index (χ4v) is 4.14. The third kappa shape index (κ3) is 3.54. The van der Waals surface area contributed by atoms with E-state index in [4.69, 9.17) is 14.2 Å². The summed E-state index contributed by atoms with van der Waals surface area (Å²) in [7, 11) is 4.87. The molecular formula is C19H21NO4S. The second-order valence-electron chi connectivity index (χ2n) is 5.62. The van der Waals surface area contributed by atoms with Crippen LogP contribution in [-0.2, 0) is 11.3 Å². The monoisotopic (exact) mass is 359 g/mol. The average Bonchev–Trinajstić information content (AvgIpc) is 3.01. The molecule has 1 saturated heterocycles. The van der Waals surface area contributed by atoms with Gasteiger partial charge in [-0.25, -0.2) is 0 Å². The molecule has 0 bridgehead atoms. The summed E-state index contributed by atoms with van der Waals surface area (Å²) in [5.74, 6) is 2.72. The molecular weight excluding hydrogens is 338 g/mol. The minimum absolute atomic E-state index is 0.0586. The van der Waals surface area contributed by atoms with Crippen LogP contribution in [0.25, 0.3) is 0 Å². The fraction of sp³-hybridized carbons (Fsp3) is 0.316. The van der Waals surface area contributed by atoms with Crippen molar-refractivity contribution in [2.75, 3.05) is 27.1 Å². The molecule has 2 aromatic rings. The van der Waals surface area contributed by atoms with E-state index in [-0.39, 0.29) is 11.3 Å². The van der Waals surface area contributed by atoms with Gasteiger partial charge in [0.05, 0.1) is 27.1 Å². The lowest BCUT2D eigenvalue weighted by Crippen LogP contribution is -2.27. The molecule has 0 spiro atoms. The van der Waals surface area contributed by atoms with Crippen molar-refractivity contribution < 1.29 is 19.0 Å². The van der Waals surface area contributed by atoms with Gasteiger partial charge in [-0.05, 0) is 23.8 Å². The van der Waals surface area contributed by atoms with Gasteiger partial charge < -0.3 is 19.1 Å². The van der Waals surface area contributed by atoms with Crippen molar-refractivity contribution in [2.45, 2.75) is 11.9 Å². The first kappa shape index (κ1) is 17.5. The number of carbonyl (C=O) groups is 1. The first-order valence-electron chi connectivity index (χ1n) is 7.92. The highest BCUT2D eigenvalue weighted by atomic mass is 32.2. The van der Waals surface area contributed by atoms with Gasteiger partial charge in [-0.15, -0.1) is 11.8 Å². The Morgan fingerprint density at radius 3 is 2.44 bits per heavy atom. The van der Waals surface area contributed by atoms with E-state index in [1.165, 1.54) is 0 Å². The summed E-state index contributed by atoms with van der Waals surface area (Å²) in [6.45, 7) is 0.509. The lowest BCUT2D eigenvalue weighted by molar-refractivity contribution is -0.128. The van der Waals surface area contributed by atoms with Crippen LogP contribution in [0.2, 0.25) is 0 Å². The van der Waals surface area contributed by atoms with Crippen molar-refractivity contribution in [1.29, 1.82) is 0 Å². The molecule has 0 radical (unpaired) electrons. The van der Waals surface area contributed by atoms with Crippen molar-refractivity contribution in [3.8, 4) is 17.2 Å². The Morgan fingerprint density at radius 2 is 1.72 bits per heavy atom. The molecule has 1 atom stereocenters. The van der Waals surface area contributed by atoms with E-state index >= 15 is 0 Å². The summed E-state index contributed by atoms with van der Waals surface area (Å²) < 4.78 is 16.1. The number of thioether (sulfide) groups is 1. The molecule has 1 unspecified atom stereocenters. The zero-order valence-electron chi connectivity index (χ0n) is 14.5. The predicted octanol–water partition coefficient (Wildman–Crippen LogP) is 3.49. The second-order valence-corrected chi connectivity index (χ2v) is 6.68. The van der Waals surface area contributed by atoms with Gasteiger partial charge in [0.25, 0.3) is 0 Å². The quantitative estimate of drug-likeness (QED) is 0.790. The van der Waals surface area contributed by atoms with Gasteiger partial charge in [-0.1, -0.05) is 24.3 Å². The number of amides is 1. The number of benzene rings is 2. The molecule has 0 saturated carbocycles. The van der Waals surface area contributed by atoms with Crippen LogP contribution in [0.3, 0.4) is 0 Å². The van der Waals surface area contributed by atoms with Gasteiger partial charge in [0, 0.05) is 12.1 Å². The van der Waals surface area contributed by atoms with Crippen LogP contribution in [0, 0.1) is 0 Å². The van der Waals surface area contributed by atoms with E-state index in [0.29, 0.717) is 23.8 Å². The van der Waals surface area contributed by atoms with E-state index in [0.717, 1.165) is 16.9 Å². The van der Waals surface area contributed by atoms with E-state index in [1.54, 1.807) is 33.1 Å². The molecule has 6 heteroatoms. The molecule has 0 aromatic heterocycles. The zero-order chi connectivity index (χ0) is 17.8. The maximum atomic E-state index is 12.4. The Hall–Kier alpha value is -2.34. The third-order valence-electron chi connectivity index (χ3n) is 4.17. The summed E-state index contributed by atoms with van der Waals surface area (Å²) in [4.78, 5) is 14.3. The van der Waals surface area contributed by atoms with Crippen LogP contribution in [0.1, 0.15) is 16.5 Å². The van der Waals surface area contributed by atoms with Gasteiger partial charge >= 0.3 is 0 Å². The molecule has 1 aliphatic heterocycles. The first-order valence-corrected chi connectivity index (χ1v) is 8.97. The Bertz CT molecular complexity index is 765. The zero-order valence-corrected chi connectivity index (χ0v) is 15.3. The van der Waals surface area contributed by atoms with E-state index in [1.807, 2.05) is 47.4 Å². The van der Waals surface area contributed by atoms with Gasteiger partial charge in [0.2, 0.25) is 5.91 Å². The Kier molecular flexibility index (Phi) is 5.38. The van der Waals surface area contributed by atoms with E-state index in [2.05, 4.69) is 0 Å². The molecule has 1 fully saturated rings. The van der Waals surface area contributed by atoms with Crippen molar-refractivity contribution >= 4 is 17.7 Å². The highest BCUT2D eigenvalue weighted by Gasteiger charge is 2.34. The molecule has 0 aliphatic carbocycles. The van der Waals surface area contributed by atoms with Gasteiger partial charge in [-0.3, -0.25) is 4.79 Å². The third-order valence-corrected chi connectivity index (χ3v) is 5.41. The lowest BCUT2D eigenvalue weighted by atomic mass is 10.1. The molecule has 132 valence electrons. The predicted molar refractivity (Wildman–Crippen MR) is 98.3 cm³/mol. The number of hydrogen-bond acceptors (Lipinski definition) is 5. The number of para-hydroxylation sites is 1. The molecule has 1 heterocycles. The Labute approximate surface area is 151 Å². The second kappa shape index (κ2) is 7.70. The maximum absolute atomic E-state index is 12.4. The molecule has 25 heavy (non-hydrogen) atoms. The van der Waals surface area contributed by atoms with Crippen LogP contribution in [0.15, 0.2) is 42.5 Å². The van der Waals surface area contributed by atoms with Crippen LogP contribution in [0.5, 0.6) is 17.2 Å². The van der Waals surface area contributed by atoms with Gasteiger partial charge in [-0.2, -0.15) is 0 Å². The molecule has 1 amide bonds. The van der Waals surface area contributed by atoms with Crippen molar-refractivity contribution in [2.24, 2.45) is 0 Å². The normalized spacial score (nSPS) is 16.8. The lowest BCUT2D eigenvalue weighted by Gasteiger charge is -2.26. The summed E-state index contributed by atoms with van der Waals surface area (Å²) >= 11 is 1.62. The number of methoxy groups -OCH3 is 3. The summed E-state index contributed by atoms with van der Waals surface area (Å²) in [5.41, 5.74) is 2.01. The Balaban J connectivity index is 1.88. The highest BCUT2D eigenvalue weighted by Crippen LogP contribution is 2.43. The van der Waals surface area contributed by atoms with Gasteiger partial charge in [0.1, 0.15) is 11.1 Å². The van der Waals surface area contributed by atoms with Crippen LogP contribution >= 0.6 is 11.8 Å². The van der Waals surface area contributed by atoms with Crippen molar-refractivity contribution in [1.82, 2.24) is 4.90 Å². The number of ether oxygens (including phenoxy) is 3. The minimum atomic E-state index is -0.0586. The first-order chi connectivity index (χ1) is 12.2. The standard InChI is InChI=1S/C19H21NO4S/c1-22-15-7-5-4-6-14(15)19-20(18(21)12-25-19)11-13-8-9-16(23-2)17(10-13)24-3/h4-10,19H,11-12H2,1-3H3. The molecule has 0 N–H and O–H groups in total. The van der Waals surface area contributed by atoms with E-state index in [9.17, 15) is 4.79 Å².